The number of nitrogens with one attached hydrogen (secondary N) is 2. The highest BCUT2D eigenvalue weighted by Gasteiger charge is 2.20. The van der Waals surface area contributed by atoms with E-state index in [4.69, 9.17) is 0 Å². The van der Waals surface area contributed by atoms with Crippen LogP contribution in [0.3, 0.4) is 0 Å². The van der Waals surface area contributed by atoms with Crippen LogP contribution >= 0.6 is 23.1 Å². The lowest BCUT2D eigenvalue weighted by Crippen LogP contribution is -2.24. The number of benzene rings is 2. The number of carbonyl (C=O) groups excluding carboxylic acids is 2. The number of carbonyl (C=O) groups is 2. The zero-order valence-corrected chi connectivity index (χ0v) is 20.8. The van der Waals surface area contributed by atoms with E-state index in [2.05, 4.69) is 15.6 Å². The van der Waals surface area contributed by atoms with Gasteiger partial charge in [-0.15, -0.1) is 23.1 Å². The first-order chi connectivity index (χ1) is 15.6. The first kappa shape index (κ1) is 24.9. The van der Waals surface area contributed by atoms with Crippen LogP contribution in [-0.4, -0.2) is 22.0 Å². The summed E-state index contributed by atoms with van der Waals surface area (Å²) in [5, 5.41) is 7.85. The Balaban J connectivity index is 1.62. The van der Waals surface area contributed by atoms with Crippen molar-refractivity contribution in [2.24, 2.45) is 5.41 Å². The molecule has 0 fully saturated rings. The zero-order chi connectivity index (χ0) is 24.0. The van der Waals surface area contributed by atoms with Crippen LogP contribution in [0, 0.1) is 11.2 Å². The lowest BCUT2D eigenvalue weighted by atomic mass is 9.92. The largest absolute Gasteiger partial charge is 0.326 e. The number of hydrogen-bond donors (Lipinski definition) is 2. The molecule has 3 aromatic rings. The molecule has 2 amide bonds. The molecule has 1 unspecified atom stereocenters. The Bertz CT molecular complexity index is 1110. The number of halogens is 1. The van der Waals surface area contributed by atoms with E-state index < -0.39 is 0 Å². The Morgan fingerprint density at radius 1 is 1.12 bits per heavy atom. The van der Waals surface area contributed by atoms with Crippen molar-refractivity contribution in [1.82, 2.24) is 4.98 Å². The molecule has 8 heteroatoms. The maximum Gasteiger partial charge on any atom is 0.239 e. The van der Waals surface area contributed by atoms with Gasteiger partial charge < -0.3 is 10.6 Å². The molecular formula is C25H28FN3O2S2. The van der Waals surface area contributed by atoms with E-state index in [0.29, 0.717) is 29.4 Å². The SMILES string of the molecule is CCC(Sc1cccc(NC(=O)CC(C)(C)C)c1)C(=O)Nc1nc(-c2ccc(F)cc2)cs1. The van der Waals surface area contributed by atoms with E-state index in [-0.39, 0.29) is 28.3 Å². The van der Waals surface area contributed by atoms with E-state index in [1.165, 1.54) is 35.2 Å². The second-order valence-electron chi connectivity index (χ2n) is 8.86. The Hall–Kier alpha value is -2.71. The first-order valence-corrected chi connectivity index (χ1v) is 12.5. The molecule has 33 heavy (non-hydrogen) atoms. The fraction of sp³-hybridized carbons (Fsp3) is 0.320. The summed E-state index contributed by atoms with van der Waals surface area (Å²) in [6.45, 7) is 8.02. The quantitative estimate of drug-likeness (QED) is 0.343. The number of nitrogens with zero attached hydrogens (tertiary/aromatic N) is 1. The van der Waals surface area contributed by atoms with E-state index in [1.807, 2.05) is 57.3 Å². The summed E-state index contributed by atoms with van der Waals surface area (Å²) in [5.41, 5.74) is 2.11. The standard InChI is InChI=1S/C25H28FN3O2S2/c1-5-21(33-19-8-6-7-18(13-19)27-22(30)14-25(2,3)4)23(31)29-24-28-20(15-32-24)16-9-11-17(26)12-10-16/h6-13,15,21H,5,14H2,1-4H3,(H,27,30)(H,28,29,31). The highest BCUT2D eigenvalue weighted by molar-refractivity contribution is 8.00. The fourth-order valence-electron chi connectivity index (χ4n) is 3.09. The van der Waals surface area contributed by atoms with Gasteiger partial charge in [0.1, 0.15) is 5.82 Å². The number of thioether (sulfide) groups is 1. The summed E-state index contributed by atoms with van der Waals surface area (Å²) in [7, 11) is 0. The zero-order valence-electron chi connectivity index (χ0n) is 19.1. The van der Waals surface area contributed by atoms with Crippen molar-refractivity contribution in [2.45, 2.75) is 50.7 Å². The van der Waals surface area contributed by atoms with Crippen LogP contribution in [0.15, 0.2) is 58.8 Å². The van der Waals surface area contributed by atoms with Crippen LogP contribution in [-0.2, 0) is 9.59 Å². The van der Waals surface area contributed by atoms with Gasteiger partial charge in [0.25, 0.3) is 0 Å². The molecule has 0 aliphatic rings. The van der Waals surface area contributed by atoms with Crippen molar-refractivity contribution in [1.29, 1.82) is 0 Å². The minimum Gasteiger partial charge on any atom is -0.326 e. The lowest BCUT2D eigenvalue weighted by Gasteiger charge is -2.18. The van der Waals surface area contributed by atoms with Gasteiger partial charge in [0.05, 0.1) is 10.9 Å². The molecule has 1 atom stereocenters. The first-order valence-electron chi connectivity index (χ1n) is 10.7. The number of rotatable bonds is 8. The van der Waals surface area contributed by atoms with Crippen molar-refractivity contribution in [3.05, 3.63) is 59.7 Å². The summed E-state index contributed by atoms with van der Waals surface area (Å²) < 4.78 is 13.1. The van der Waals surface area contributed by atoms with Gasteiger partial charge in [-0.1, -0.05) is 33.8 Å². The molecule has 5 nitrogen and oxygen atoms in total. The summed E-state index contributed by atoms with van der Waals surface area (Å²) in [4.78, 5) is 30.5. The molecule has 0 spiro atoms. The average molecular weight is 486 g/mol. The summed E-state index contributed by atoms with van der Waals surface area (Å²) >= 11 is 2.78. The predicted molar refractivity (Wildman–Crippen MR) is 135 cm³/mol. The Labute approximate surface area is 202 Å². The molecule has 1 aromatic heterocycles. The molecule has 0 bridgehead atoms. The second-order valence-corrected chi connectivity index (χ2v) is 11.0. The number of amides is 2. The van der Waals surface area contributed by atoms with E-state index in [9.17, 15) is 14.0 Å². The van der Waals surface area contributed by atoms with Crippen LogP contribution in [0.1, 0.15) is 40.5 Å². The number of thiazole rings is 1. The van der Waals surface area contributed by atoms with Gasteiger partial charge in [-0.05, 0) is 54.3 Å². The summed E-state index contributed by atoms with van der Waals surface area (Å²) in [6.07, 6.45) is 1.06. The van der Waals surface area contributed by atoms with Gasteiger partial charge in [-0.2, -0.15) is 0 Å². The summed E-state index contributed by atoms with van der Waals surface area (Å²) in [5.74, 6) is -0.469. The topological polar surface area (TPSA) is 71.1 Å². The van der Waals surface area contributed by atoms with Crippen molar-refractivity contribution in [2.75, 3.05) is 10.6 Å². The minimum absolute atomic E-state index is 0.0323. The van der Waals surface area contributed by atoms with Crippen molar-refractivity contribution in [3.63, 3.8) is 0 Å². The van der Waals surface area contributed by atoms with Crippen LogP contribution in [0.2, 0.25) is 0 Å². The van der Waals surface area contributed by atoms with Crippen LogP contribution in [0.5, 0.6) is 0 Å². The third-order valence-corrected chi connectivity index (χ3v) is 6.74. The van der Waals surface area contributed by atoms with Gasteiger partial charge in [0.2, 0.25) is 11.8 Å². The Morgan fingerprint density at radius 2 is 1.85 bits per heavy atom. The molecule has 0 saturated heterocycles. The number of anilines is 2. The molecular weight excluding hydrogens is 457 g/mol. The molecule has 174 valence electrons. The predicted octanol–water partition coefficient (Wildman–Crippen LogP) is 6.83. The molecule has 3 rings (SSSR count). The smallest absolute Gasteiger partial charge is 0.239 e. The highest BCUT2D eigenvalue weighted by Crippen LogP contribution is 2.30. The average Bonchev–Trinajstić information content (AvgIpc) is 3.19. The molecule has 0 radical (unpaired) electrons. The van der Waals surface area contributed by atoms with Gasteiger partial charge in [0, 0.05) is 27.9 Å². The van der Waals surface area contributed by atoms with Gasteiger partial charge in [-0.3, -0.25) is 9.59 Å². The maximum absolute atomic E-state index is 13.1. The summed E-state index contributed by atoms with van der Waals surface area (Å²) in [6, 6.07) is 13.6. The Kier molecular flexibility index (Phi) is 8.26. The number of hydrogen-bond acceptors (Lipinski definition) is 5. The normalized spacial score (nSPS) is 12.3. The van der Waals surface area contributed by atoms with Crippen LogP contribution < -0.4 is 10.6 Å². The van der Waals surface area contributed by atoms with E-state index in [0.717, 1.165) is 10.5 Å². The maximum atomic E-state index is 13.1. The fourth-order valence-corrected chi connectivity index (χ4v) is 4.83. The monoisotopic (exact) mass is 485 g/mol. The van der Waals surface area contributed by atoms with E-state index in [1.54, 1.807) is 12.1 Å². The van der Waals surface area contributed by atoms with Gasteiger partial charge in [0.15, 0.2) is 5.13 Å². The third kappa shape index (κ3) is 7.68. The minimum atomic E-state index is -0.316. The van der Waals surface area contributed by atoms with Crippen LogP contribution in [0.25, 0.3) is 11.3 Å². The van der Waals surface area contributed by atoms with Crippen molar-refractivity contribution >= 4 is 45.7 Å². The lowest BCUT2D eigenvalue weighted by molar-refractivity contribution is -0.118. The second kappa shape index (κ2) is 10.9. The highest BCUT2D eigenvalue weighted by atomic mass is 32.2. The van der Waals surface area contributed by atoms with Crippen molar-refractivity contribution < 1.29 is 14.0 Å². The van der Waals surface area contributed by atoms with Gasteiger partial charge >= 0.3 is 0 Å². The Morgan fingerprint density at radius 3 is 2.52 bits per heavy atom. The molecule has 0 aliphatic heterocycles. The van der Waals surface area contributed by atoms with Gasteiger partial charge in [-0.25, -0.2) is 9.37 Å². The molecule has 2 N–H and O–H groups in total. The molecule has 0 aliphatic carbocycles. The van der Waals surface area contributed by atoms with E-state index >= 15 is 0 Å². The van der Waals surface area contributed by atoms with Crippen molar-refractivity contribution in [3.8, 4) is 11.3 Å². The molecule has 2 aromatic carbocycles. The molecule has 0 saturated carbocycles. The molecule has 1 heterocycles. The van der Waals surface area contributed by atoms with Crippen LogP contribution in [0.4, 0.5) is 15.2 Å². The number of aromatic nitrogens is 1. The third-order valence-electron chi connectivity index (χ3n) is 4.62.